The summed E-state index contributed by atoms with van der Waals surface area (Å²) in [6.07, 6.45) is 0.653. The molecule has 0 aliphatic heterocycles. The van der Waals surface area contributed by atoms with Crippen LogP contribution in [0.5, 0.6) is 5.75 Å². The van der Waals surface area contributed by atoms with Crippen LogP contribution in [0.4, 0.5) is 0 Å². The summed E-state index contributed by atoms with van der Waals surface area (Å²) in [4.78, 5) is 10.6. The van der Waals surface area contributed by atoms with Gasteiger partial charge >= 0.3 is 0 Å². The van der Waals surface area contributed by atoms with E-state index in [1.165, 1.54) is 0 Å². The van der Waals surface area contributed by atoms with Gasteiger partial charge in [-0.2, -0.15) is 0 Å². The highest BCUT2D eigenvalue weighted by Crippen LogP contribution is 2.30. The molecule has 0 spiro atoms. The average Bonchev–Trinajstić information content (AvgIpc) is 2.85. The molecular weight excluding hydrogens is 220 g/mol. The minimum atomic E-state index is -0.0495. The maximum atomic E-state index is 10.6. The van der Waals surface area contributed by atoms with Crippen LogP contribution in [0.2, 0.25) is 0 Å². The number of para-hydroxylation sites is 1. The van der Waals surface area contributed by atoms with E-state index in [1.807, 2.05) is 18.2 Å². The van der Waals surface area contributed by atoms with Crippen LogP contribution in [0.15, 0.2) is 40.8 Å². The number of benzene rings is 1. The summed E-state index contributed by atoms with van der Waals surface area (Å²) >= 11 is 0. The quantitative estimate of drug-likeness (QED) is 0.802. The van der Waals surface area contributed by atoms with Gasteiger partial charge in [0.25, 0.3) is 0 Å². The molecule has 0 bridgehead atoms. The molecule has 0 aliphatic rings. The van der Waals surface area contributed by atoms with Gasteiger partial charge in [-0.1, -0.05) is 12.1 Å². The van der Waals surface area contributed by atoms with Gasteiger partial charge < -0.3 is 14.3 Å². The lowest BCUT2D eigenvalue weighted by molar-refractivity contribution is 0.110. The molecule has 1 aromatic carbocycles. The minimum absolute atomic E-state index is 0.0495. The van der Waals surface area contributed by atoms with Crippen LogP contribution in [-0.2, 0) is 0 Å². The molecule has 1 heterocycles. The molecule has 1 aromatic heterocycles. The number of hydrogen-bond donors (Lipinski definition) is 1. The van der Waals surface area contributed by atoms with Crippen molar-refractivity contribution in [3.8, 4) is 17.1 Å². The van der Waals surface area contributed by atoms with Crippen LogP contribution in [0.1, 0.15) is 10.6 Å². The van der Waals surface area contributed by atoms with Gasteiger partial charge in [0.1, 0.15) is 18.1 Å². The number of carbonyl (C=O) groups is 1. The van der Waals surface area contributed by atoms with E-state index in [1.54, 1.807) is 18.2 Å². The van der Waals surface area contributed by atoms with Crippen LogP contribution < -0.4 is 4.74 Å². The number of aliphatic hydroxyl groups is 1. The number of carbonyl (C=O) groups excluding carboxylic acids is 1. The molecule has 4 nitrogen and oxygen atoms in total. The maximum Gasteiger partial charge on any atom is 0.185 e. The Hall–Kier alpha value is -2.07. The van der Waals surface area contributed by atoms with Crippen molar-refractivity contribution in [1.29, 1.82) is 0 Å². The number of aldehydes is 1. The third kappa shape index (κ3) is 2.54. The zero-order valence-electron chi connectivity index (χ0n) is 9.13. The zero-order valence-corrected chi connectivity index (χ0v) is 9.13. The molecular formula is C13H12O4. The number of furan rings is 1. The lowest BCUT2D eigenvalue weighted by Gasteiger charge is -2.08. The fraction of sp³-hybridized carbons (Fsp3) is 0.154. The summed E-state index contributed by atoms with van der Waals surface area (Å²) in [6, 6.07) is 10.6. The predicted octanol–water partition coefficient (Wildman–Crippen LogP) is 2.13. The van der Waals surface area contributed by atoms with Gasteiger partial charge in [-0.3, -0.25) is 4.79 Å². The van der Waals surface area contributed by atoms with Gasteiger partial charge in [0.15, 0.2) is 12.0 Å². The van der Waals surface area contributed by atoms with Crippen molar-refractivity contribution in [3.05, 3.63) is 42.2 Å². The van der Waals surface area contributed by atoms with E-state index < -0.39 is 0 Å². The minimum Gasteiger partial charge on any atom is -0.490 e. The summed E-state index contributed by atoms with van der Waals surface area (Å²) in [5.41, 5.74) is 0.758. The Morgan fingerprint density at radius 1 is 1.24 bits per heavy atom. The Labute approximate surface area is 98.4 Å². The van der Waals surface area contributed by atoms with Gasteiger partial charge in [0.05, 0.1) is 12.2 Å². The molecule has 88 valence electrons. The number of aliphatic hydroxyl groups excluding tert-OH is 1. The van der Waals surface area contributed by atoms with E-state index in [9.17, 15) is 4.79 Å². The number of ether oxygens (including phenoxy) is 1. The highest BCUT2D eigenvalue weighted by Gasteiger charge is 2.09. The van der Waals surface area contributed by atoms with Crippen LogP contribution in [0, 0.1) is 0 Å². The maximum absolute atomic E-state index is 10.6. The number of rotatable bonds is 5. The van der Waals surface area contributed by atoms with Crippen molar-refractivity contribution in [2.24, 2.45) is 0 Å². The van der Waals surface area contributed by atoms with Crippen molar-refractivity contribution in [2.75, 3.05) is 13.2 Å². The van der Waals surface area contributed by atoms with Crippen LogP contribution in [0.25, 0.3) is 11.3 Å². The summed E-state index contributed by atoms with van der Waals surface area (Å²) in [7, 11) is 0. The van der Waals surface area contributed by atoms with E-state index >= 15 is 0 Å². The summed E-state index contributed by atoms with van der Waals surface area (Å²) in [6.45, 7) is 0.171. The fourth-order valence-corrected chi connectivity index (χ4v) is 1.51. The third-order valence-electron chi connectivity index (χ3n) is 2.24. The summed E-state index contributed by atoms with van der Waals surface area (Å²) in [5.74, 6) is 1.46. The lowest BCUT2D eigenvalue weighted by Crippen LogP contribution is -2.02. The SMILES string of the molecule is O=Cc1ccc(-c2ccccc2OCCO)o1. The molecule has 0 fully saturated rings. The molecule has 1 N–H and O–H groups in total. The molecule has 0 aliphatic carbocycles. The molecule has 0 atom stereocenters. The van der Waals surface area contributed by atoms with Crippen molar-refractivity contribution >= 4 is 6.29 Å². The number of hydrogen-bond acceptors (Lipinski definition) is 4. The Balaban J connectivity index is 2.33. The first-order valence-corrected chi connectivity index (χ1v) is 5.23. The molecule has 0 unspecified atom stereocenters. The van der Waals surface area contributed by atoms with E-state index in [-0.39, 0.29) is 19.0 Å². The van der Waals surface area contributed by atoms with Gasteiger partial charge in [-0.25, -0.2) is 0 Å². The zero-order chi connectivity index (χ0) is 12.1. The monoisotopic (exact) mass is 232 g/mol. The molecule has 0 saturated heterocycles. The van der Waals surface area contributed by atoms with Gasteiger partial charge in [0, 0.05) is 0 Å². The molecule has 4 heteroatoms. The highest BCUT2D eigenvalue weighted by molar-refractivity contribution is 5.74. The van der Waals surface area contributed by atoms with E-state index in [0.717, 1.165) is 5.56 Å². The topological polar surface area (TPSA) is 59.7 Å². The van der Waals surface area contributed by atoms with Gasteiger partial charge in [-0.05, 0) is 24.3 Å². The standard InChI is InChI=1S/C13H12O4/c14-7-8-16-12-4-2-1-3-11(12)13-6-5-10(9-15)17-13/h1-6,9,14H,7-8H2. The Morgan fingerprint density at radius 2 is 2.06 bits per heavy atom. The summed E-state index contributed by atoms with van der Waals surface area (Å²) in [5, 5.41) is 8.74. The second-order valence-corrected chi connectivity index (χ2v) is 3.39. The average molecular weight is 232 g/mol. The van der Waals surface area contributed by atoms with Crippen molar-refractivity contribution in [1.82, 2.24) is 0 Å². The highest BCUT2D eigenvalue weighted by atomic mass is 16.5. The van der Waals surface area contributed by atoms with Crippen molar-refractivity contribution in [3.63, 3.8) is 0 Å². The molecule has 2 aromatic rings. The Morgan fingerprint density at radius 3 is 2.76 bits per heavy atom. The second-order valence-electron chi connectivity index (χ2n) is 3.39. The van der Waals surface area contributed by atoms with Gasteiger partial charge in [0.2, 0.25) is 0 Å². The predicted molar refractivity (Wildman–Crippen MR) is 62.1 cm³/mol. The van der Waals surface area contributed by atoms with Gasteiger partial charge in [-0.15, -0.1) is 0 Å². The molecule has 0 saturated carbocycles. The Kier molecular flexibility index (Phi) is 3.57. The van der Waals surface area contributed by atoms with Crippen molar-refractivity contribution in [2.45, 2.75) is 0 Å². The van der Waals surface area contributed by atoms with E-state index in [0.29, 0.717) is 17.8 Å². The van der Waals surface area contributed by atoms with Crippen molar-refractivity contribution < 1.29 is 19.1 Å². The molecule has 17 heavy (non-hydrogen) atoms. The summed E-state index contributed by atoms with van der Waals surface area (Å²) < 4.78 is 10.7. The first-order valence-electron chi connectivity index (χ1n) is 5.23. The molecule has 2 rings (SSSR count). The Bertz CT molecular complexity index is 502. The first-order chi connectivity index (χ1) is 8.35. The molecule has 0 radical (unpaired) electrons. The fourth-order valence-electron chi connectivity index (χ4n) is 1.51. The van der Waals surface area contributed by atoms with E-state index in [2.05, 4.69) is 0 Å². The smallest absolute Gasteiger partial charge is 0.185 e. The first kappa shape index (κ1) is 11.4. The van der Waals surface area contributed by atoms with Crippen LogP contribution >= 0.6 is 0 Å². The molecule has 0 amide bonds. The lowest BCUT2D eigenvalue weighted by atomic mass is 10.1. The van der Waals surface area contributed by atoms with E-state index in [4.69, 9.17) is 14.3 Å². The normalized spacial score (nSPS) is 10.2. The van der Waals surface area contributed by atoms with Crippen LogP contribution in [0.3, 0.4) is 0 Å². The second kappa shape index (κ2) is 5.32. The largest absolute Gasteiger partial charge is 0.490 e. The third-order valence-corrected chi connectivity index (χ3v) is 2.24. The van der Waals surface area contributed by atoms with Crippen LogP contribution in [-0.4, -0.2) is 24.6 Å².